The van der Waals surface area contributed by atoms with Crippen LogP contribution in [-0.4, -0.2) is 52.6 Å². The molecular weight excluding hydrogens is 365 g/mol. The Morgan fingerprint density at radius 1 is 1.25 bits per heavy atom. The highest BCUT2D eigenvalue weighted by molar-refractivity contribution is 6.03. The van der Waals surface area contributed by atoms with Crippen molar-refractivity contribution in [3.05, 3.63) is 48.2 Å². The normalized spacial score (nSPS) is 14.4. The van der Waals surface area contributed by atoms with Crippen molar-refractivity contribution < 1.29 is 18.7 Å². The molecule has 0 bridgehead atoms. The average molecular weight is 387 g/mol. The van der Waals surface area contributed by atoms with Crippen molar-refractivity contribution in [2.24, 2.45) is 0 Å². The van der Waals surface area contributed by atoms with E-state index in [9.17, 15) is 14.0 Å². The molecule has 3 rings (SSSR count). The van der Waals surface area contributed by atoms with Gasteiger partial charge in [-0.05, 0) is 31.9 Å². The molecule has 1 aliphatic heterocycles. The van der Waals surface area contributed by atoms with Gasteiger partial charge in [-0.15, -0.1) is 0 Å². The largest absolute Gasteiger partial charge is 0.450 e. The maximum absolute atomic E-state index is 13.7. The van der Waals surface area contributed by atoms with Crippen LogP contribution in [0.15, 0.2) is 36.7 Å². The first-order valence-corrected chi connectivity index (χ1v) is 9.13. The van der Waals surface area contributed by atoms with Gasteiger partial charge in [-0.1, -0.05) is 12.1 Å². The predicted octanol–water partition coefficient (Wildman–Crippen LogP) is 2.90. The number of para-hydroxylation sites is 1. The van der Waals surface area contributed by atoms with Gasteiger partial charge in [0.05, 0.1) is 12.3 Å². The van der Waals surface area contributed by atoms with Crippen LogP contribution in [0.3, 0.4) is 0 Å². The highest BCUT2D eigenvalue weighted by Gasteiger charge is 2.24. The number of hydrogen-bond acceptors (Lipinski definition) is 6. The average Bonchev–Trinajstić information content (AvgIpc) is 2.70. The first-order valence-electron chi connectivity index (χ1n) is 9.13. The van der Waals surface area contributed by atoms with Gasteiger partial charge in [0.2, 0.25) is 0 Å². The number of carbonyl (C=O) groups excluding carboxylic acids is 2. The number of carbonyl (C=O) groups is 2. The lowest BCUT2D eigenvalue weighted by molar-refractivity contribution is 0.0980. The first-order chi connectivity index (χ1) is 13.6. The van der Waals surface area contributed by atoms with Crippen molar-refractivity contribution in [3.63, 3.8) is 0 Å². The van der Waals surface area contributed by atoms with E-state index in [4.69, 9.17) is 4.74 Å². The van der Waals surface area contributed by atoms with Crippen LogP contribution in [0.2, 0.25) is 0 Å². The number of halogens is 1. The van der Waals surface area contributed by atoms with E-state index in [2.05, 4.69) is 20.6 Å². The molecule has 1 aromatic heterocycles. The molecule has 0 atom stereocenters. The Bertz CT molecular complexity index is 840. The van der Waals surface area contributed by atoms with E-state index >= 15 is 0 Å². The highest BCUT2D eigenvalue weighted by Crippen LogP contribution is 2.17. The molecule has 0 saturated carbocycles. The Morgan fingerprint density at radius 2 is 2.00 bits per heavy atom. The van der Waals surface area contributed by atoms with Crippen molar-refractivity contribution in [1.29, 1.82) is 0 Å². The number of rotatable bonds is 5. The van der Waals surface area contributed by atoms with E-state index in [-0.39, 0.29) is 23.5 Å². The summed E-state index contributed by atoms with van der Waals surface area (Å²) in [5.41, 5.74) is 0.219. The lowest BCUT2D eigenvalue weighted by Gasteiger charge is -2.31. The molecule has 0 unspecified atom stereocenters. The molecule has 2 N–H and O–H groups in total. The maximum atomic E-state index is 13.7. The van der Waals surface area contributed by atoms with E-state index in [1.165, 1.54) is 24.5 Å². The van der Waals surface area contributed by atoms with Crippen molar-refractivity contribution in [2.45, 2.75) is 25.8 Å². The summed E-state index contributed by atoms with van der Waals surface area (Å²) in [7, 11) is 0. The molecule has 2 amide bonds. The summed E-state index contributed by atoms with van der Waals surface area (Å²) in [6, 6.07) is 7.56. The number of anilines is 2. The van der Waals surface area contributed by atoms with E-state index in [0.717, 1.165) is 12.8 Å². The molecule has 148 valence electrons. The van der Waals surface area contributed by atoms with Gasteiger partial charge >= 0.3 is 6.09 Å². The smallest absolute Gasteiger partial charge is 0.409 e. The van der Waals surface area contributed by atoms with E-state index in [1.54, 1.807) is 24.0 Å². The van der Waals surface area contributed by atoms with Crippen molar-refractivity contribution >= 4 is 23.5 Å². The molecule has 2 heterocycles. The van der Waals surface area contributed by atoms with Crippen LogP contribution >= 0.6 is 0 Å². The molecule has 8 nitrogen and oxygen atoms in total. The Hall–Kier alpha value is -3.23. The number of benzene rings is 1. The van der Waals surface area contributed by atoms with Crippen LogP contribution in [0.4, 0.5) is 20.7 Å². The Labute approximate surface area is 162 Å². The summed E-state index contributed by atoms with van der Waals surface area (Å²) < 4.78 is 18.7. The molecule has 28 heavy (non-hydrogen) atoms. The van der Waals surface area contributed by atoms with Crippen LogP contribution < -0.4 is 10.6 Å². The Kier molecular flexibility index (Phi) is 6.36. The Morgan fingerprint density at radius 3 is 2.71 bits per heavy atom. The standard InChI is InChI=1S/C19H22FN5O3/c1-2-28-19(27)25-9-7-13(8-10-25)23-17-11-16(21-12-22-17)18(26)24-15-6-4-3-5-14(15)20/h3-6,11-13H,2,7-10H2,1H3,(H,24,26)(H,21,22,23). The summed E-state index contributed by atoms with van der Waals surface area (Å²) in [6.07, 6.45) is 2.46. The minimum Gasteiger partial charge on any atom is -0.450 e. The fraction of sp³-hybridized carbons (Fsp3) is 0.368. The monoisotopic (exact) mass is 387 g/mol. The number of nitrogens with one attached hydrogen (secondary N) is 2. The zero-order valence-electron chi connectivity index (χ0n) is 15.5. The molecule has 1 saturated heterocycles. The van der Waals surface area contributed by atoms with Crippen LogP contribution in [0.5, 0.6) is 0 Å². The summed E-state index contributed by atoms with van der Waals surface area (Å²) >= 11 is 0. The second-order valence-electron chi connectivity index (χ2n) is 6.33. The zero-order chi connectivity index (χ0) is 19.9. The molecule has 0 aliphatic carbocycles. The fourth-order valence-electron chi connectivity index (χ4n) is 2.94. The number of piperidine rings is 1. The third-order valence-electron chi connectivity index (χ3n) is 4.39. The zero-order valence-corrected chi connectivity index (χ0v) is 15.5. The summed E-state index contributed by atoms with van der Waals surface area (Å²) in [5, 5.41) is 5.76. The topological polar surface area (TPSA) is 96.5 Å². The van der Waals surface area contributed by atoms with Crippen LogP contribution in [0.1, 0.15) is 30.3 Å². The quantitative estimate of drug-likeness (QED) is 0.819. The van der Waals surface area contributed by atoms with Gasteiger partial charge in [-0.25, -0.2) is 19.2 Å². The minimum atomic E-state index is -0.521. The molecule has 1 aliphatic rings. The second kappa shape index (κ2) is 9.12. The SMILES string of the molecule is CCOC(=O)N1CCC(Nc2cc(C(=O)Nc3ccccc3F)ncn2)CC1. The van der Waals surface area contributed by atoms with Crippen LogP contribution in [0, 0.1) is 5.82 Å². The van der Waals surface area contributed by atoms with Gasteiger partial charge in [0, 0.05) is 25.2 Å². The third-order valence-corrected chi connectivity index (χ3v) is 4.39. The van der Waals surface area contributed by atoms with Crippen molar-refractivity contribution in [2.75, 3.05) is 30.3 Å². The summed E-state index contributed by atoms with van der Waals surface area (Å²) in [6.45, 7) is 3.31. The molecular formula is C19H22FN5O3. The van der Waals surface area contributed by atoms with Gasteiger partial charge in [0.1, 0.15) is 23.7 Å². The fourth-order valence-corrected chi connectivity index (χ4v) is 2.94. The molecule has 0 spiro atoms. The molecule has 1 fully saturated rings. The lowest BCUT2D eigenvalue weighted by atomic mass is 10.1. The number of likely N-dealkylation sites (tertiary alicyclic amines) is 1. The van der Waals surface area contributed by atoms with E-state index < -0.39 is 11.7 Å². The molecule has 2 aromatic rings. The number of ether oxygens (including phenoxy) is 1. The maximum Gasteiger partial charge on any atom is 0.409 e. The van der Waals surface area contributed by atoms with Crippen molar-refractivity contribution in [3.8, 4) is 0 Å². The van der Waals surface area contributed by atoms with Gasteiger partial charge < -0.3 is 20.3 Å². The number of amides is 2. The number of aromatic nitrogens is 2. The lowest BCUT2D eigenvalue weighted by Crippen LogP contribution is -2.42. The van der Waals surface area contributed by atoms with Crippen molar-refractivity contribution in [1.82, 2.24) is 14.9 Å². The van der Waals surface area contributed by atoms with Crippen LogP contribution in [0.25, 0.3) is 0 Å². The third kappa shape index (κ3) is 4.93. The number of hydrogen-bond donors (Lipinski definition) is 2. The minimum absolute atomic E-state index is 0.0898. The van der Waals surface area contributed by atoms with Gasteiger partial charge in [0.15, 0.2) is 0 Å². The van der Waals surface area contributed by atoms with Gasteiger partial charge in [0.25, 0.3) is 5.91 Å². The summed E-state index contributed by atoms with van der Waals surface area (Å²) in [5.74, 6) is -0.535. The van der Waals surface area contributed by atoms with Gasteiger partial charge in [-0.3, -0.25) is 4.79 Å². The summed E-state index contributed by atoms with van der Waals surface area (Å²) in [4.78, 5) is 33.9. The second-order valence-corrected chi connectivity index (χ2v) is 6.33. The predicted molar refractivity (Wildman–Crippen MR) is 102 cm³/mol. The molecule has 0 radical (unpaired) electrons. The van der Waals surface area contributed by atoms with Gasteiger partial charge in [-0.2, -0.15) is 0 Å². The molecule has 9 heteroatoms. The number of nitrogens with zero attached hydrogens (tertiary/aromatic N) is 3. The highest BCUT2D eigenvalue weighted by atomic mass is 19.1. The Balaban J connectivity index is 1.57. The molecule has 1 aromatic carbocycles. The first kappa shape index (κ1) is 19.5. The van der Waals surface area contributed by atoms with E-state index in [1.807, 2.05) is 0 Å². The van der Waals surface area contributed by atoms with Crippen LogP contribution in [-0.2, 0) is 4.74 Å². The van der Waals surface area contributed by atoms with E-state index in [0.29, 0.717) is 25.5 Å².